The fraction of sp³-hybridized carbons (Fsp3) is 0.133. The van der Waals surface area contributed by atoms with Gasteiger partial charge in [0.1, 0.15) is 0 Å². The van der Waals surface area contributed by atoms with Gasteiger partial charge in [-0.2, -0.15) is 0 Å². The first-order valence-corrected chi connectivity index (χ1v) is 6.54. The zero-order valence-corrected chi connectivity index (χ0v) is 12.2. The number of carboxylic acid groups (broad SMARTS) is 1. The minimum Gasteiger partial charge on any atom is -0.478 e. The van der Waals surface area contributed by atoms with Gasteiger partial charge >= 0.3 is 5.97 Å². The van der Waals surface area contributed by atoms with Crippen molar-refractivity contribution in [3.05, 3.63) is 57.9 Å². The smallest absolute Gasteiger partial charge is 0.337 e. The monoisotopic (exact) mass is 304 g/mol. The van der Waals surface area contributed by atoms with Crippen molar-refractivity contribution in [2.45, 2.75) is 13.8 Å². The highest BCUT2D eigenvalue weighted by molar-refractivity contribution is 6.34. The largest absolute Gasteiger partial charge is 0.478 e. The van der Waals surface area contributed by atoms with Crippen molar-refractivity contribution in [1.82, 2.24) is 4.98 Å². The van der Waals surface area contributed by atoms with Crippen LogP contribution in [0.3, 0.4) is 0 Å². The summed E-state index contributed by atoms with van der Waals surface area (Å²) in [7, 11) is 0. The molecule has 1 amide bonds. The molecule has 0 aliphatic carbocycles. The number of carbonyl (C=O) groups is 2. The maximum absolute atomic E-state index is 12.2. The van der Waals surface area contributed by atoms with Crippen molar-refractivity contribution in [2.24, 2.45) is 0 Å². The Labute approximate surface area is 126 Å². The van der Waals surface area contributed by atoms with E-state index in [-0.39, 0.29) is 21.8 Å². The van der Waals surface area contributed by atoms with Crippen LogP contribution >= 0.6 is 11.6 Å². The first-order chi connectivity index (χ1) is 9.90. The zero-order chi connectivity index (χ0) is 15.6. The lowest BCUT2D eigenvalue weighted by Gasteiger charge is -2.12. The van der Waals surface area contributed by atoms with E-state index in [1.165, 1.54) is 12.3 Å². The maximum atomic E-state index is 12.2. The number of aromatic nitrogens is 1. The zero-order valence-electron chi connectivity index (χ0n) is 11.5. The number of aryl methyl sites for hydroxylation is 2. The summed E-state index contributed by atoms with van der Waals surface area (Å²) in [6.45, 7) is 3.48. The number of carbonyl (C=O) groups excluding carboxylic acids is 1. The molecular formula is C15H13ClN2O3. The number of hydrogen-bond donors (Lipinski definition) is 2. The van der Waals surface area contributed by atoms with Crippen LogP contribution in [0.2, 0.25) is 5.02 Å². The van der Waals surface area contributed by atoms with Gasteiger partial charge in [-0.3, -0.25) is 9.78 Å². The second kappa shape index (κ2) is 5.93. The number of amides is 1. The van der Waals surface area contributed by atoms with Crippen molar-refractivity contribution < 1.29 is 14.7 Å². The molecule has 1 aromatic heterocycles. The molecule has 0 radical (unpaired) electrons. The van der Waals surface area contributed by atoms with Crippen LogP contribution in [0.4, 0.5) is 5.69 Å². The van der Waals surface area contributed by atoms with E-state index < -0.39 is 11.9 Å². The van der Waals surface area contributed by atoms with Crippen LogP contribution in [0, 0.1) is 13.8 Å². The van der Waals surface area contributed by atoms with Gasteiger partial charge in [0.2, 0.25) is 0 Å². The van der Waals surface area contributed by atoms with Gasteiger partial charge in [-0.15, -0.1) is 0 Å². The van der Waals surface area contributed by atoms with Gasteiger partial charge in [0.25, 0.3) is 5.91 Å². The number of benzene rings is 1. The number of para-hydroxylation sites is 1. The predicted octanol–water partition coefficient (Wildman–Crippen LogP) is 3.30. The molecule has 108 valence electrons. The number of rotatable bonds is 3. The summed E-state index contributed by atoms with van der Waals surface area (Å²) in [6, 6.07) is 6.35. The fourth-order valence-electron chi connectivity index (χ4n) is 1.89. The molecule has 5 nitrogen and oxygen atoms in total. The van der Waals surface area contributed by atoms with Crippen LogP contribution in [0.5, 0.6) is 0 Å². The van der Waals surface area contributed by atoms with E-state index >= 15 is 0 Å². The molecule has 0 saturated carbocycles. The topological polar surface area (TPSA) is 79.3 Å². The number of halogens is 1. The molecule has 0 saturated heterocycles. The van der Waals surface area contributed by atoms with Gasteiger partial charge in [0.15, 0.2) is 0 Å². The van der Waals surface area contributed by atoms with E-state index in [4.69, 9.17) is 11.6 Å². The van der Waals surface area contributed by atoms with Crippen LogP contribution in [-0.2, 0) is 0 Å². The van der Waals surface area contributed by atoms with Crippen LogP contribution < -0.4 is 5.32 Å². The Bertz CT molecular complexity index is 729. The van der Waals surface area contributed by atoms with Crippen molar-refractivity contribution in [2.75, 3.05) is 5.32 Å². The first-order valence-electron chi connectivity index (χ1n) is 6.16. The van der Waals surface area contributed by atoms with Crippen LogP contribution in [0.25, 0.3) is 0 Å². The molecule has 0 fully saturated rings. The van der Waals surface area contributed by atoms with E-state index in [9.17, 15) is 14.7 Å². The van der Waals surface area contributed by atoms with E-state index in [0.29, 0.717) is 11.3 Å². The summed E-state index contributed by atoms with van der Waals surface area (Å²) >= 11 is 6.02. The Balaban J connectivity index is 2.38. The molecule has 1 aromatic carbocycles. The first kappa shape index (κ1) is 15.0. The van der Waals surface area contributed by atoms with Gasteiger partial charge in [-0.1, -0.05) is 23.7 Å². The average Bonchev–Trinajstić information content (AvgIpc) is 2.40. The lowest BCUT2D eigenvalue weighted by Crippen LogP contribution is -2.16. The Morgan fingerprint density at radius 1 is 1.24 bits per heavy atom. The molecule has 0 atom stereocenters. The summed E-state index contributed by atoms with van der Waals surface area (Å²) in [5, 5.41) is 12.0. The molecular weight excluding hydrogens is 292 g/mol. The predicted molar refractivity (Wildman–Crippen MR) is 80.1 cm³/mol. The fourth-order valence-corrected chi connectivity index (χ4v) is 2.18. The molecule has 21 heavy (non-hydrogen) atoms. The molecule has 2 N–H and O–H groups in total. The Hall–Kier alpha value is -2.40. The molecule has 0 unspecified atom stereocenters. The van der Waals surface area contributed by atoms with Crippen molar-refractivity contribution >= 4 is 29.2 Å². The van der Waals surface area contributed by atoms with Crippen LogP contribution in [0.15, 0.2) is 30.5 Å². The minimum atomic E-state index is -1.11. The molecule has 0 spiro atoms. The summed E-state index contributed by atoms with van der Waals surface area (Å²) in [5.74, 6) is -1.61. The SMILES string of the molecule is Cc1cc(Cl)c(C(=O)Nc2c(C)cccc2C(=O)O)cn1. The Morgan fingerprint density at radius 2 is 1.95 bits per heavy atom. The number of nitrogens with zero attached hydrogens (tertiary/aromatic N) is 1. The van der Waals surface area contributed by atoms with Gasteiger partial charge in [0, 0.05) is 11.9 Å². The van der Waals surface area contributed by atoms with E-state index in [1.807, 2.05) is 0 Å². The summed E-state index contributed by atoms with van der Waals surface area (Å²) < 4.78 is 0. The Morgan fingerprint density at radius 3 is 2.57 bits per heavy atom. The third-order valence-corrected chi connectivity index (χ3v) is 3.29. The van der Waals surface area contributed by atoms with Crippen molar-refractivity contribution in [3.8, 4) is 0 Å². The second-order valence-corrected chi connectivity index (χ2v) is 4.97. The normalized spacial score (nSPS) is 10.2. The third kappa shape index (κ3) is 3.20. The lowest BCUT2D eigenvalue weighted by molar-refractivity contribution is 0.0698. The number of hydrogen-bond acceptors (Lipinski definition) is 3. The van der Waals surface area contributed by atoms with E-state index in [1.54, 1.807) is 32.0 Å². The lowest BCUT2D eigenvalue weighted by atomic mass is 10.1. The average molecular weight is 305 g/mol. The molecule has 0 aliphatic heterocycles. The van der Waals surface area contributed by atoms with Crippen LogP contribution in [-0.4, -0.2) is 22.0 Å². The number of pyridine rings is 1. The van der Waals surface area contributed by atoms with Gasteiger partial charge in [-0.05, 0) is 31.5 Å². The van der Waals surface area contributed by atoms with Crippen molar-refractivity contribution in [3.63, 3.8) is 0 Å². The van der Waals surface area contributed by atoms with E-state index in [0.717, 1.165) is 0 Å². The molecule has 6 heteroatoms. The molecule has 1 heterocycles. The Kier molecular flexibility index (Phi) is 4.23. The highest BCUT2D eigenvalue weighted by atomic mass is 35.5. The number of nitrogens with one attached hydrogen (secondary N) is 1. The number of aromatic carboxylic acids is 1. The molecule has 0 aliphatic rings. The highest BCUT2D eigenvalue weighted by Gasteiger charge is 2.17. The van der Waals surface area contributed by atoms with E-state index in [2.05, 4.69) is 10.3 Å². The maximum Gasteiger partial charge on any atom is 0.337 e. The molecule has 0 bridgehead atoms. The van der Waals surface area contributed by atoms with Gasteiger partial charge in [0.05, 0.1) is 21.8 Å². The second-order valence-electron chi connectivity index (χ2n) is 4.56. The number of anilines is 1. The minimum absolute atomic E-state index is 0.0274. The quantitative estimate of drug-likeness (QED) is 0.912. The highest BCUT2D eigenvalue weighted by Crippen LogP contribution is 2.23. The van der Waals surface area contributed by atoms with Crippen molar-refractivity contribution in [1.29, 1.82) is 0 Å². The van der Waals surface area contributed by atoms with Crippen LogP contribution in [0.1, 0.15) is 32.0 Å². The molecule has 2 aromatic rings. The third-order valence-electron chi connectivity index (χ3n) is 2.98. The summed E-state index contributed by atoms with van der Waals surface area (Å²) in [4.78, 5) is 27.5. The number of carboxylic acids is 1. The standard InChI is InChI=1S/C15H13ClN2O3/c1-8-4-3-5-10(15(20)21)13(8)18-14(19)11-7-17-9(2)6-12(11)16/h3-7H,1-2H3,(H,18,19)(H,20,21). The van der Waals surface area contributed by atoms with Gasteiger partial charge < -0.3 is 10.4 Å². The molecule has 2 rings (SSSR count). The van der Waals surface area contributed by atoms with Gasteiger partial charge in [-0.25, -0.2) is 4.79 Å². The summed E-state index contributed by atoms with van der Waals surface area (Å²) in [5.41, 5.74) is 1.83. The summed E-state index contributed by atoms with van der Waals surface area (Å²) in [6.07, 6.45) is 1.37.